The maximum atomic E-state index is 12.8. The van der Waals surface area contributed by atoms with Crippen LogP contribution in [-0.2, 0) is 28.6 Å². The minimum Gasteiger partial charge on any atom is -0.462 e. The molecule has 6 heteroatoms. The van der Waals surface area contributed by atoms with Crippen molar-refractivity contribution >= 4 is 17.9 Å². The molecule has 1 atom stereocenters. The van der Waals surface area contributed by atoms with Crippen molar-refractivity contribution in [2.45, 2.75) is 271 Å². The number of hydrogen-bond donors (Lipinski definition) is 0. The Morgan fingerprint density at radius 2 is 0.619 bits per heavy atom. The van der Waals surface area contributed by atoms with Gasteiger partial charge in [0.15, 0.2) is 6.10 Å². The van der Waals surface area contributed by atoms with E-state index < -0.39 is 6.10 Å². The van der Waals surface area contributed by atoms with Crippen LogP contribution in [0.1, 0.15) is 265 Å². The third-order valence-corrected chi connectivity index (χ3v) is 11.5. The number of ether oxygens (including phenoxy) is 3. The van der Waals surface area contributed by atoms with Gasteiger partial charge in [-0.1, -0.05) is 242 Å². The van der Waals surface area contributed by atoms with E-state index in [-0.39, 0.29) is 31.1 Å². The van der Waals surface area contributed by atoms with Gasteiger partial charge in [0.1, 0.15) is 13.2 Å². The normalized spacial score (nSPS) is 12.5. The Morgan fingerprint density at radius 1 is 0.333 bits per heavy atom. The molecule has 364 valence electrons. The lowest BCUT2D eigenvalue weighted by Gasteiger charge is -2.18. The van der Waals surface area contributed by atoms with Crippen molar-refractivity contribution < 1.29 is 28.6 Å². The van der Waals surface area contributed by atoms with Crippen molar-refractivity contribution in [2.24, 2.45) is 0 Å². The highest BCUT2D eigenvalue weighted by Gasteiger charge is 2.19. The van der Waals surface area contributed by atoms with E-state index in [4.69, 9.17) is 14.2 Å². The van der Waals surface area contributed by atoms with Gasteiger partial charge >= 0.3 is 17.9 Å². The lowest BCUT2D eigenvalue weighted by atomic mass is 10.0. The maximum Gasteiger partial charge on any atom is 0.306 e. The van der Waals surface area contributed by atoms with E-state index in [1.54, 1.807) is 0 Å². The fourth-order valence-electron chi connectivity index (χ4n) is 7.53. The van der Waals surface area contributed by atoms with E-state index in [1.807, 2.05) is 0 Å². The lowest BCUT2D eigenvalue weighted by Crippen LogP contribution is -2.30. The largest absolute Gasteiger partial charge is 0.462 e. The van der Waals surface area contributed by atoms with Gasteiger partial charge < -0.3 is 14.2 Å². The third kappa shape index (κ3) is 50.0. The second-order valence-corrected chi connectivity index (χ2v) is 17.8. The Bertz CT molecular complexity index is 1150. The van der Waals surface area contributed by atoms with Crippen molar-refractivity contribution in [1.82, 2.24) is 0 Å². The predicted octanol–water partition coefficient (Wildman–Crippen LogP) is 17.6. The zero-order valence-electron chi connectivity index (χ0n) is 41.6. The molecule has 0 spiro atoms. The van der Waals surface area contributed by atoms with Crippen LogP contribution < -0.4 is 0 Å². The average molecular weight is 881 g/mol. The van der Waals surface area contributed by atoms with Crippen molar-refractivity contribution in [3.05, 3.63) is 60.8 Å². The summed E-state index contributed by atoms with van der Waals surface area (Å²) in [5.41, 5.74) is 0. The molecule has 6 nitrogen and oxygen atoms in total. The first-order valence-corrected chi connectivity index (χ1v) is 26.8. The van der Waals surface area contributed by atoms with Crippen molar-refractivity contribution in [1.29, 1.82) is 0 Å². The summed E-state index contributed by atoms with van der Waals surface area (Å²) in [5.74, 6) is -0.909. The topological polar surface area (TPSA) is 78.9 Å². The van der Waals surface area contributed by atoms with Crippen molar-refractivity contribution in [3.63, 3.8) is 0 Å². The number of rotatable bonds is 48. The van der Waals surface area contributed by atoms with Gasteiger partial charge in [0.25, 0.3) is 0 Å². The van der Waals surface area contributed by atoms with Gasteiger partial charge in [-0.3, -0.25) is 14.4 Å². The van der Waals surface area contributed by atoms with Gasteiger partial charge in [-0.05, 0) is 64.2 Å². The summed E-state index contributed by atoms with van der Waals surface area (Å²) in [6, 6.07) is 0. The summed E-state index contributed by atoms with van der Waals surface area (Å²) in [7, 11) is 0. The molecule has 0 aromatic carbocycles. The number of allylic oxidation sites excluding steroid dienone is 10. The Hall–Kier alpha value is -2.89. The van der Waals surface area contributed by atoms with Gasteiger partial charge in [-0.2, -0.15) is 0 Å². The minimum absolute atomic E-state index is 0.0818. The van der Waals surface area contributed by atoms with Crippen LogP contribution in [0.4, 0.5) is 0 Å². The van der Waals surface area contributed by atoms with Gasteiger partial charge in [0.2, 0.25) is 0 Å². The summed E-state index contributed by atoms with van der Waals surface area (Å²) < 4.78 is 16.8. The summed E-state index contributed by atoms with van der Waals surface area (Å²) in [5, 5.41) is 0. The van der Waals surface area contributed by atoms with Crippen molar-refractivity contribution in [3.8, 4) is 0 Å². The molecule has 0 bridgehead atoms. The number of carbonyl (C=O) groups is 3. The van der Waals surface area contributed by atoms with E-state index in [0.717, 1.165) is 96.3 Å². The zero-order valence-corrected chi connectivity index (χ0v) is 41.6. The molecule has 0 saturated carbocycles. The first-order chi connectivity index (χ1) is 31.0. The van der Waals surface area contributed by atoms with Gasteiger partial charge in [0, 0.05) is 19.3 Å². The second-order valence-electron chi connectivity index (χ2n) is 17.8. The SMILES string of the molecule is CC/C=C\C/C=C\C/C=C\C/C=C\C/C=C\CCCCCC(=O)OCC(COC(=O)CCCCCCCCCCC)OC(=O)CCCCCCCCCCCCCCCCCCC. The lowest BCUT2D eigenvalue weighted by molar-refractivity contribution is -0.167. The molecule has 0 aliphatic carbocycles. The highest BCUT2D eigenvalue weighted by atomic mass is 16.6. The molecular formula is C57H100O6. The molecule has 0 radical (unpaired) electrons. The fraction of sp³-hybridized carbons (Fsp3) is 0.772. The van der Waals surface area contributed by atoms with Crippen LogP contribution in [0.3, 0.4) is 0 Å². The van der Waals surface area contributed by atoms with Crippen LogP contribution in [0.15, 0.2) is 60.8 Å². The van der Waals surface area contributed by atoms with Crippen LogP contribution in [0.25, 0.3) is 0 Å². The predicted molar refractivity (Wildman–Crippen MR) is 270 cm³/mol. The Balaban J connectivity index is 4.35. The number of hydrogen-bond acceptors (Lipinski definition) is 6. The van der Waals surface area contributed by atoms with Crippen LogP contribution in [0.5, 0.6) is 0 Å². The molecule has 0 heterocycles. The molecular weight excluding hydrogens is 781 g/mol. The number of unbranched alkanes of at least 4 members (excludes halogenated alkanes) is 27. The van der Waals surface area contributed by atoms with Gasteiger partial charge in [0.05, 0.1) is 0 Å². The molecule has 0 N–H and O–H groups in total. The molecule has 0 aliphatic rings. The molecule has 0 saturated heterocycles. The highest BCUT2D eigenvalue weighted by Crippen LogP contribution is 2.16. The standard InChI is InChI=1S/C57H100O6/c1-4-7-10-13-16-19-21-23-25-27-28-30-31-33-35-38-41-44-47-50-56(59)62-53-54(52-61-55(58)49-46-43-40-37-18-15-12-9-6-3)63-57(60)51-48-45-42-39-36-34-32-29-26-24-22-20-17-14-11-8-5-2/h7,10,16,19,23,25,28,30,33,35,54H,4-6,8-9,11-15,17-18,20-22,24,26-27,29,31-32,34,36-53H2,1-3H3/b10-7-,19-16-,25-23-,30-28-,35-33-. The molecule has 0 fully saturated rings. The van der Waals surface area contributed by atoms with Crippen LogP contribution in [-0.4, -0.2) is 37.2 Å². The van der Waals surface area contributed by atoms with E-state index in [2.05, 4.69) is 81.5 Å². The molecule has 0 aromatic heterocycles. The van der Waals surface area contributed by atoms with E-state index in [1.165, 1.54) is 128 Å². The second kappa shape index (κ2) is 51.7. The summed E-state index contributed by atoms with van der Waals surface area (Å²) in [6.45, 7) is 6.50. The van der Waals surface area contributed by atoms with Gasteiger partial charge in [-0.25, -0.2) is 0 Å². The number of esters is 3. The third-order valence-electron chi connectivity index (χ3n) is 11.5. The number of carbonyl (C=O) groups excluding carboxylic acids is 3. The van der Waals surface area contributed by atoms with Gasteiger partial charge in [-0.15, -0.1) is 0 Å². The Morgan fingerprint density at radius 3 is 0.968 bits per heavy atom. The fourth-order valence-corrected chi connectivity index (χ4v) is 7.53. The summed E-state index contributed by atoms with van der Waals surface area (Å²) >= 11 is 0. The Kier molecular flexibility index (Phi) is 49.4. The Labute approximate surface area is 390 Å². The molecule has 63 heavy (non-hydrogen) atoms. The van der Waals surface area contributed by atoms with E-state index in [9.17, 15) is 14.4 Å². The van der Waals surface area contributed by atoms with Crippen LogP contribution in [0.2, 0.25) is 0 Å². The molecule has 0 amide bonds. The summed E-state index contributed by atoms with van der Waals surface area (Å²) in [6.07, 6.45) is 63.5. The smallest absolute Gasteiger partial charge is 0.306 e. The van der Waals surface area contributed by atoms with Crippen LogP contribution >= 0.6 is 0 Å². The van der Waals surface area contributed by atoms with Crippen molar-refractivity contribution in [2.75, 3.05) is 13.2 Å². The van der Waals surface area contributed by atoms with Crippen LogP contribution in [0, 0.1) is 0 Å². The minimum atomic E-state index is -0.783. The highest BCUT2D eigenvalue weighted by molar-refractivity contribution is 5.71. The van der Waals surface area contributed by atoms with E-state index in [0.29, 0.717) is 19.3 Å². The molecule has 1 unspecified atom stereocenters. The first-order valence-electron chi connectivity index (χ1n) is 26.8. The maximum absolute atomic E-state index is 12.8. The molecule has 0 rings (SSSR count). The zero-order chi connectivity index (χ0) is 45.8. The first kappa shape index (κ1) is 60.1. The quantitative estimate of drug-likeness (QED) is 0.0262. The molecule has 0 aliphatic heterocycles. The summed E-state index contributed by atoms with van der Waals surface area (Å²) in [4.78, 5) is 37.9. The molecule has 0 aromatic rings. The van der Waals surface area contributed by atoms with E-state index >= 15 is 0 Å². The monoisotopic (exact) mass is 881 g/mol. The average Bonchev–Trinajstić information content (AvgIpc) is 3.28.